The Labute approximate surface area is 136 Å². The minimum atomic E-state index is -1.13. The third-order valence-electron chi connectivity index (χ3n) is 6.33. The van der Waals surface area contributed by atoms with E-state index >= 15 is 0 Å². The van der Waals surface area contributed by atoms with Gasteiger partial charge < -0.3 is 14.9 Å². The van der Waals surface area contributed by atoms with Crippen molar-refractivity contribution in [2.75, 3.05) is 6.61 Å². The number of ether oxygens (including phenoxy) is 1. The lowest BCUT2D eigenvalue weighted by molar-refractivity contribution is -0.298. The number of phenolic OH excluding ortho intramolecular Hbond substituents is 1. The molecule has 2 aliphatic rings. The largest absolute Gasteiger partial charge is 0.505 e. The van der Waals surface area contributed by atoms with Gasteiger partial charge in [-0.15, -0.1) is 0 Å². The molecule has 0 spiro atoms. The molecular weight excluding hydrogens is 297 g/mol. The number of fused-ring (bicyclic) bond motifs is 2. The van der Waals surface area contributed by atoms with Crippen molar-refractivity contribution in [3.8, 4) is 5.75 Å². The zero-order chi connectivity index (χ0) is 17.0. The monoisotopic (exact) mass is 323 g/mol. The summed E-state index contributed by atoms with van der Waals surface area (Å²) in [7, 11) is 0. The number of nitrogens with two attached hydrogens (primary N) is 1. The van der Waals surface area contributed by atoms with Gasteiger partial charge in [0, 0.05) is 16.9 Å². The van der Waals surface area contributed by atoms with Crippen LogP contribution in [0.3, 0.4) is 0 Å². The van der Waals surface area contributed by atoms with Crippen molar-refractivity contribution in [3.63, 3.8) is 0 Å². The highest BCUT2D eigenvalue weighted by Gasteiger charge is 2.61. The minimum Gasteiger partial charge on any atom is -0.505 e. The molecule has 2 bridgehead atoms. The maximum atomic E-state index is 13.9. The second kappa shape index (κ2) is 5.16. The summed E-state index contributed by atoms with van der Waals surface area (Å²) in [5.74, 6) is -0.794. The van der Waals surface area contributed by atoms with Crippen molar-refractivity contribution >= 4 is 0 Å². The summed E-state index contributed by atoms with van der Waals surface area (Å²) in [5.41, 5.74) is 5.14. The fourth-order valence-electron chi connectivity index (χ4n) is 4.51. The van der Waals surface area contributed by atoms with Crippen LogP contribution in [0.15, 0.2) is 18.2 Å². The summed E-state index contributed by atoms with van der Waals surface area (Å²) in [6.45, 7) is 6.09. The lowest BCUT2D eigenvalue weighted by atomic mass is 9.54. The van der Waals surface area contributed by atoms with E-state index in [9.17, 15) is 14.6 Å². The maximum Gasteiger partial charge on any atom is 0.165 e. The van der Waals surface area contributed by atoms with Gasteiger partial charge in [-0.3, -0.25) is 5.73 Å². The summed E-state index contributed by atoms with van der Waals surface area (Å²) in [5, 5.41) is 19.5. The molecule has 0 aromatic heterocycles. The number of benzene rings is 1. The summed E-state index contributed by atoms with van der Waals surface area (Å²) < 4.78 is 20.2. The fourth-order valence-corrected chi connectivity index (χ4v) is 4.51. The Morgan fingerprint density at radius 2 is 2.09 bits per heavy atom. The average Bonchev–Trinajstić information content (AvgIpc) is 2.49. The molecule has 128 valence electrons. The van der Waals surface area contributed by atoms with E-state index in [4.69, 9.17) is 10.5 Å². The molecule has 1 saturated heterocycles. The fraction of sp³-hybridized carbons (Fsp3) is 0.667. The molecule has 2 fully saturated rings. The number of hydrogen-bond acceptors (Lipinski definition) is 4. The second-order valence-corrected chi connectivity index (χ2v) is 7.84. The van der Waals surface area contributed by atoms with E-state index in [-0.39, 0.29) is 17.9 Å². The molecule has 4 atom stereocenters. The van der Waals surface area contributed by atoms with Crippen molar-refractivity contribution in [3.05, 3.63) is 29.6 Å². The highest BCUT2D eigenvalue weighted by molar-refractivity contribution is 5.33. The molecular formula is C18H26FNO3. The van der Waals surface area contributed by atoms with Gasteiger partial charge in [0.1, 0.15) is 5.72 Å². The summed E-state index contributed by atoms with van der Waals surface area (Å²) in [6.07, 6.45) is 2.60. The SMILES string of the molecule is CC1CCC2(CO)CC1C(N)(c1ccc(O)c(F)c1)OC2(C)C. The van der Waals surface area contributed by atoms with E-state index in [1.54, 1.807) is 6.07 Å². The predicted octanol–water partition coefficient (Wildman–Crippen LogP) is 2.87. The molecule has 0 radical (unpaired) electrons. The van der Waals surface area contributed by atoms with Crippen LogP contribution in [0.5, 0.6) is 5.75 Å². The zero-order valence-corrected chi connectivity index (χ0v) is 14.0. The van der Waals surface area contributed by atoms with E-state index in [2.05, 4.69) is 6.92 Å². The Morgan fingerprint density at radius 3 is 2.70 bits per heavy atom. The van der Waals surface area contributed by atoms with E-state index in [1.165, 1.54) is 12.1 Å². The molecule has 4 nitrogen and oxygen atoms in total. The minimum absolute atomic E-state index is 0.0135. The van der Waals surface area contributed by atoms with Crippen molar-refractivity contribution in [1.29, 1.82) is 0 Å². The van der Waals surface area contributed by atoms with Gasteiger partial charge in [-0.1, -0.05) is 13.0 Å². The number of aliphatic hydroxyl groups is 1. The van der Waals surface area contributed by atoms with Crippen LogP contribution in [0.2, 0.25) is 0 Å². The van der Waals surface area contributed by atoms with Crippen LogP contribution in [0.25, 0.3) is 0 Å². The Kier molecular flexibility index (Phi) is 3.74. The Bertz CT molecular complexity index is 620. The van der Waals surface area contributed by atoms with E-state index in [0.717, 1.165) is 19.3 Å². The number of rotatable bonds is 2. The Hall–Kier alpha value is -1.17. The molecule has 5 heteroatoms. The van der Waals surface area contributed by atoms with Crippen molar-refractivity contribution in [2.24, 2.45) is 23.0 Å². The first kappa shape index (κ1) is 16.7. The number of phenols is 1. The summed E-state index contributed by atoms with van der Waals surface area (Å²) >= 11 is 0. The lowest BCUT2D eigenvalue weighted by Crippen LogP contribution is -2.67. The molecule has 3 rings (SSSR count). The van der Waals surface area contributed by atoms with Crippen LogP contribution < -0.4 is 5.73 Å². The molecule has 1 aromatic rings. The third-order valence-corrected chi connectivity index (χ3v) is 6.33. The smallest absolute Gasteiger partial charge is 0.165 e. The van der Waals surface area contributed by atoms with E-state index in [1.807, 2.05) is 13.8 Å². The highest BCUT2D eigenvalue weighted by Crippen LogP contribution is 2.60. The normalized spacial score (nSPS) is 39.2. The first-order valence-electron chi connectivity index (χ1n) is 8.24. The molecule has 1 saturated carbocycles. The molecule has 1 aliphatic carbocycles. The Balaban J connectivity index is 2.09. The van der Waals surface area contributed by atoms with Crippen molar-refractivity contribution in [2.45, 2.75) is 51.4 Å². The number of hydrogen-bond donors (Lipinski definition) is 3. The van der Waals surface area contributed by atoms with E-state index < -0.39 is 22.9 Å². The second-order valence-electron chi connectivity index (χ2n) is 7.84. The van der Waals surface area contributed by atoms with Gasteiger partial charge >= 0.3 is 0 Å². The van der Waals surface area contributed by atoms with Gasteiger partial charge in [0.25, 0.3) is 0 Å². The van der Waals surface area contributed by atoms with Crippen LogP contribution >= 0.6 is 0 Å². The van der Waals surface area contributed by atoms with Gasteiger partial charge in [-0.25, -0.2) is 4.39 Å². The third kappa shape index (κ3) is 2.29. The predicted molar refractivity (Wildman–Crippen MR) is 85.1 cm³/mol. The maximum absolute atomic E-state index is 13.9. The van der Waals surface area contributed by atoms with Crippen LogP contribution in [-0.2, 0) is 10.5 Å². The summed E-state index contributed by atoms with van der Waals surface area (Å²) in [6, 6.07) is 4.21. The molecule has 1 heterocycles. The van der Waals surface area contributed by atoms with Crippen LogP contribution in [-0.4, -0.2) is 22.4 Å². The van der Waals surface area contributed by atoms with Gasteiger partial charge in [0.15, 0.2) is 11.6 Å². The highest BCUT2D eigenvalue weighted by atomic mass is 19.1. The molecule has 4 unspecified atom stereocenters. The molecule has 0 amide bonds. The van der Waals surface area contributed by atoms with Crippen LogP contribution in [0.4, 0.5) is 4.39 Å². The number of aromatic hydroxyl groups is 1. The molecule has 1 aromatic carbocycles. The first-order chi connectivity index (χ1) is 10.7. The van der Waals surface area contributed by atoms with Crippen molar-refractivity contribution in [1.82, 2.24) is 0 Å². The quantitative estimate of drug-likeness (QED) is 0.782. The van der Waals surface area contributed by atoms with E-state index in [0.29, 0.717) is 11.5 Å². The first-order valence-corrected chi connectivity index (χ1v) is 8.24. The van der Waals surface area contributed by atoms with Crippen LogP contribution in [0.1, 0.15) is 45.6 Å². The van der Waals surface area contributed by atoms with Gasteiger partial charge in [0.05, 0.1) is 12.2 Å². The lowest BCUT2D eigenvalue weighted by Gasteiger charge is -2.62. The van der Waals surface area contributed by atoms with Gasteiger partial charge in [-0.05, 0) is 51.2 Å². The molecule has 4 N–H and O–H groups in total. The molecule has 23 heavy (non-hydrogen) atoms. The standard InChI is InChI=1S/C18H26FNO3/c1-11-6-7-17(10-21)9-13(11)18(20,23-16(17,2)3)12-4-5-15(22)14(19)8-12/h4-5,8,11,13,21-22H,6-7,9-10,20H2,1-3H3. The zero-order valence-electron chi connectivity index (χ0n) is 14.0. The summed E-state index contributed by atoms with van der Waals surface area (Å²) in [4.78, 5) is 0. The van der Waals surface area contributed by atoms with Gasteiger partial charge in [0.2, 0.25) is 0 Å². The average molecular weight is 323 g/mol. The topological polar surface area (TPSA) is 75.7 Å². The number of halogens is 1. The number of aliphatic hydroxyl groups excluding tert-OH is 1. The Morgan fingerprint density at radius 1 is 1.39 bits per heavy atom. The van der Waals surface area contributed by atoms with Crippen LogP contribution in [0, 0.1) is 23.1 Å². The van der Waals surface area contributed by atoms with Gasteiger partial charge in [-0.2, -0.15) is 0 Å². The molecule has 1 aliphatic heterocycles. The van der Waals surface area contributed by atoms with Crippen molar-refractivity contribution < 1.29 is 19.3 Å².